The van der Waals surface area contributed by atoms with E-state index < -0.39 is 15.9 Å². The molecule has 4 rings (SSSR count). The van der Waals surface area contributed by atoms with E-state index in [2.05, 4.69) is 14.9 Å². The molecule has 0 radical (unpaired) electrons. The molecule has 0 bridgehead atoms. The van der Waals surface area contributed by atoms with Gasteiger partial charge in [-0.25, -0.2) is 13.4 Å². The molecular formula is C20H21N5O3S. The molecule has 2 aromatic heterocycles. The van der Waals surface area contributed by atoms with E-state index in [4.69, 9.17) is 5.73 Å². The maximum atomic E-state index is 11.7. The average Bonchev–Trinajstić information content (AvgIpc) is 2.72. The average molecular weight is 411 g/mol. The third kappa shape index (κ3) is 3.92. The molecule has 1 saturated heterocycles. The van der Waals surface area contributed by atoms with Crippen LogP contribution >= 0.6 is 0 Å². The molecule has 3 aromatic rings. The Balaban J connectivity index is 1.60. The molecule has 29 heavy (non-hydrogen) atoms. The molecule has 1 aliphatic heterocycles. The number of fused-ring (bicyclic) bond motifs is 1. The van der Waals surface area contributed by atoms with Crippen LogP contribution in [-0.4, -0.2) is 61.0 Å². The number of hydrogen-bond donors (Lipinski definition) is 1. The van der Waals surface area contributed by atoms with Crippen molar-refractivity contribution in [3.05, 3.63) is 54.5 Å². The number of nitrogens with two attached hydrogens (primary N) is 1. The van der Waals surface area contributed by atoms with Crippen molar-refractivity contribution in [2.45, 2.75) is 0 Å². The number of piperazine rings is 1. The maximum absolute atomic E-state index is 11.7. The van der Waals surface area contributed by atoms with E-state index >= 15 is 0 Å². The molecule has 2 N–H and O–H groups in total. The van der Waals surface area contributed by atoms with Gasteiger partial charge in [-0.3, -0.25) is 9.78 Å². The van der Waals surface area contributed by atoms with Gasteiger partial charge in [0.25, 0.3) is 5.91 Å². The Morgan fingerprint density at radius 2 is 1.69 bits per heavy atom. The zero-order chi connectivity index (χ0) is 20.6. The van der Waals surface area contributed by atoms with Crippen LogP contribution in [0.3, 0.4) is 0 Å². The SMILES string of the molecule is CS(=O)(=O)N1CCN(c2ccc(-c3cncc4ccc(C(N)=O)nc34)cc2)CC1. The van der Waals surface area contributed by atoms with Gasteiger partial charge in [0.15, 0.2) is 0 Å². The molecule has 1 aromatic carbocycles. The van der Waals surface area contributed by atoms with Crippen molar-refractivity contribution in [3.8, 4) is 11.1 Å². The fourth-order valence-corrected chi connectivity index (χ4v) is 4.35. The van der Waals surface area contributed by atoms with Gasteiger partial charge in [0, 0.05) is 55.2 Å². The Bertz CT molecular complexity index is 1170. The number of amides is 1. The highest BCUT2D eigenvalue weighted by molar-refractivity contribution is 7.88. The highest BCUT2D eigenvalue weighted by Crippen LogP contribution is 2.28. The molecular weight excluding hydrogens is 390 g/mol. The molecule has 1 fully saturated rings. The summed E-state index contributed by atoms with van der Waals surface area (Å²) in [6.45, 7) is 2.25. The third-order valence-corrected chi connectivity index (χ3v) is 6.41. The van der Waals surface area contributed by atoms with Gasteiger partial charge in [-0.05, 0) is 29.8 Å². The normalized spacial score (nSPS) is 15.6. The molecule has 8 nitrogen and oxygen atoms in total. The third-order valence-electron chi connectivity index (χ3n) is 5.10. The zero-order valence-corrected chi connectivity index (χ0v) is 16.8. The largest absolute Gasteiger partial charge is 0.369 e. The second kappa shape index (κ2) is 7.41. The van der Waals surface area contributed by atoms with E-state index in [9.17, 15) is 13.2 Å². The fraction of sp³-hybridized carbons (Fsp3) is 0.250. The van der Waals surface area contributed by atoms with Crippen LogP contribution in [0.15, 0.2) is 48.8 Å². The van der Waals surface area contributed by atoms with Crippen LogP contribution in [-0.2, 0) is 10.0 Å². The van der Waals surface area contributed by atoms with E-state index in [1.807, 2.05) is 24.3 Å². The van der Waals surface area contributed by atoms with Gasteiger partial charge < -0.3 is 10.6 Å². The molecule has 0 spiro atoms. The lowest BCUT2D eigenvalue weighted by molar-refractivity contribution is 0.0996. The first-order valence-electron chi connectivity index (χ1n) is 9.18. The number of sulfonamides is 1. The zero-order valence-electron chi connectivity index (χ0n) is 15.9. The van der Waals surface area contributed by atoms with E-state index in [0.29, 0.717) is 31.7 Å². The monoisotopic (exact) mass is 411 g/mol. The number of nitrogens with zero attached hydrogens (tertiary/aromatic N) is 4. The summed E-state index contributed by atoms with van der Waals surface area (Å²) in [4.78, 5) is 22.3. The van der Waals surface area contributed by atoms with Crippen LogP contribution in [0.2, 0.25) is 0 Å². The lowest BCUT2D eigenvalue weighted by Gasteiger charge is -2.34. The number of hydrogen-bond acceptors (Lipinski definition) is 6. The standard InChI is InChI=1S/C20H21N5O3S/c1-29(27,28)25-10-8-24(9-11-25)16-5-2-14(3-6-16)17-13-22-12-15-4-7-18(20(21)26)23-19(15)17/h2-7,12-13H,8-11H2,1H3,(H2,21,26). The van der Waals surface area contributed by atoms with E-state index in [0.717, 1.165) is 22.2 Å². The minimum atomic E-state index is -3.14. The predicted octanol–water partition coefficient (Wildman–Crippen LogP) is 1.48. The van der Waals surface area contributed by atoms with Crippen molar-refractivity contribution >= 4 is 32.5 Å². The van der Waals surface area contributed by atoms with Crippen molar-refractivity contribution in [2.24, 2.45) is 5.73 Å². The van der Waals surface area contributed by atoms with Crippen molar-refractivity contribution in [1.82, 2.24) is 14.3 Å². The van der Waals surface area contributed by atoms with Crippen LogP contribution in [0, 0.1) is 0 Å². The first kappa shape index (κ1) is 19.3. The minimum Gasteiger partial charge on any atom is -0.369 e. The Morgan fingerprint density at radius 3 is 2.31 bits per heavy atom. The van der Waals surface area contributed by atoms with Gasteiger partial charge in [0.1, 0.15) is 5.69 Å². The molecule has 9 heteroatoms. The van der Waals surface area contributed by atoms with Crippen LogP contribution < -0.4 is 10.6 Å². The number of pyridine rings is 2. The summed E-state index contributed by atoms with van der Waals surface area (Å²) in [5.74, 6) is -0.571. The van der Waals surface area contributed by atoms with Crippen molar-refractivity contribution in [3.63, 3.8) is 0 Å². The van der Waals surface area contributed by atoms with Gasteiger partial charge in [0.05, 0.1) is 11.8 Å². The predicted molar refractivity (Wildman–Crippen MR) is 112 cm³/mol. The quantitative estimate of drug-likeness (QED) is 0.696. The molecule has 0 aliphatic carbocycles. The highest BCUT2D eigenvalue weighted by atomic mass is 32.2. The summed E-state index contributed by atoms with van der Waals surface area (Å²) in [6.07, 6.45) is 4.67. The summed E-state index contributed by atoms with van der Waals surface area (Å²) in [7, 11) is -3.14. The summed E-state index contributed by atoms with van der Waals surface area (Å²) in [5, 5.41) is 0.827. The molecule has 0 atom stereocenters. The van der Waals surface area contributed by atoms with Gasteiger partial charge >= 0.3 is 0 Å². The molecule has 3 heterocycles. The van der Waals surface area contributed by atoms with Crippen LogP contribution in [0.4, 0.5) is 5.69 Å². The van der Waals surface area contributed by atoms with Gasteiger partial charge in [-0.15, -0.1) is 0 Å². The number of carbonyl (C=O) groups excluding carboxylic acids is 1. The molecule has 0 saturated carbocycles. The molecule has 1 amide bonds. The lowest BCUT2D eigenvalue weighted by Crippen LogP contribution is -2.48. The number of primary amides is 1. The van der Waals surface area contributed by atoms with Crippen molar-refractivity contribution in [1.29, 1.82) is 0 Å². The van der Waals surface area contributed by atoms with Gasteiger partial charge in [-0.2, -0.15) is 4.31 Å². The second-order valence-corrected chi connectivity index (χ2v) is 9.00. The maximum Gasteiger partial charge on any atom is 0.267 e. The molecule has 0 unspecified atom stereocenters. The van der Waals surface area contributed by atoms with E-state index in [1.54, 1.807) is 24.5 Å². The van der Waals surface area contributed by atoms with E-state index in [-0.39, 0.29) is 5.69 Å². The van der Waals surface area contributed by atoms with Crippen LogP contribution in [0.5, 0.6) is 0 Å². The smallest absolute Gasteiger partial charge is 0.267 e. The minimum absolute atomic E-state index is 0.213. The number of anilines is 1. The summed E-state index contributed by atoms with van der Waals surface area (Å²) in [6, 6.07) is 11.3. The summed E-state index contributed by atoms with van der Waals surface area (Å²) in [5.41, 5.74) is 9.03. The Morgan fingerprint density at radius 1 is 1.00 bits per heavy atom. The Labute approximate surface area is 169 Å². The number of aromatic nitrogens is 2. The van der Waals surface area contributed by atoms with Gasteiger partial charge in [-0.1, -0.05) is 12.1 Å². The van der Waals surface area contributed by atoms with E-state index in [1.165, 1.54) is 10.6 Å². The van der Waals surface area contributed by atoms with Crippen LogP contribution in [0.25, 0.3) is 22.0 Å². The van der Waals surface area contributed by atoms with Crippen LogP contribution in [0.1, 0.15) is 10.5 Å². The Kier molecular flexibility index (Phi) is 4.93. The van der Waals surface area contributed by atoms with Gasteiger partial charge in [0.2, 0.25) is 10.0 Å². The van der Waals surface area contributed by atoms with Crippen molar-refractivity contribution < 1.29 is 13.2 Å². The Hall–Kier alpha value is -3.04. The molecule has 1 aliphatic rings. The number of benzene rings is 1. The summed E-state index contributed by atoms with van der Waals surface area (Å²) >= 11 is 0. The van der Waals surface area contributed by atoms with Crippen molar-refractivity contribution in [2.75, 3.05) is 37.3 Å². The molecule has 150 valence electrons. The number of rotatable bonds is 4. The first-order valence-corrected chi connectivity index (χ1v) is 11.0. The fourth-order valence-electron chi connectivity index (χ4n) is 3.52. The highest BCUT2D eigenvalue weighted by Gasteiger charge is 2.23. The summed E-state index contributed by atoms with van der Waals surface area (Å²) < 4.78 is 24.8. The first-order chi connectivity index (χ1) is 13.8. The number of carbonyl (C=O) groups is 1. The second-order valence-electron chi connectivity index (χ2n) is 7.02. The topological polar surface area (TPSA) is 109 Å². The lowest BCUT2D eigenvalue weighted by atomic mass is 10.0.